The summed E-state index contributed by atoms with van der Waals surface area (Å²) in [6.07, 6.45) is 0.963. The van der Waals surface area contributed by atoms with Gasteiger partial charge in [0.05, 0.1) is 0 Å². The van der Waals surface area contributed by atoms with E-state index in [0.29, 0.717) is 0 Å². The Bertz CT molecular complexity index is 334. The van der Waals surface area contributed by atoms with Crippen LogP contribution in [0.5, 0.6) is 0 Å². The highest BCUT2D eigenvalue weighted by atomic mass is 15.1. The van der Waals surface area contributed by atoms with E-state index in [1.54, 1.807) is 0 Å². The SMILES string of the molecule is CCN(CC)c1ccc(NCCC(C)(C)N)cc1. The van der Waals surface area contributed by atoms with Crippen LogP contribution >= 0.6 is 0 Å². The van der Waals surface area contributed by atoms with Crippen LogP contribution < -0.4 is 16.0 Å². The Morgan fingerprint density at radius 1 is 1.11 bits per heavy atom. The summed E-state index contributed by atoms with van der Waals surface area (Å²) in [5.74, 6) is 0. The quantitative estimate of drug-likeness (QED) is 0.780. The standard InChI is InChI=1S/C15H27N3/c1-5-18(6-2)14-9-7-13(8-10-14)17-12-11-15(3,4)16/h7-10,17H,5-6,11-12,16H2,1-4H3. The van der Waals surface area contributed by atoms with Gasteiger partial charge in [0.2, 0.25) is 0 Å². The molecule has 0 amide bonds. The molecule has 0 saturated heterocycles. The molecule has 0 spiro atoms. The fourth-order valence-electron chi connectivity index (χ4n) is 1.91. The number of anilines is 2. The first kappa shape index (κ1) is 14.8. The second kappa shape index (κ2) is 6.64. The molecule has 1 aromatic carbocycles. The van der Waals surface area contributed by atoms with Gasteiger partial charge in [-0.05, 0) is 58.4 Å². The van der Waals surface area contributed by atoms with E-state index in [4.69, 9.17) is 5.73 Å². The minimum Gasteiger partial charge on any atom is -0.385 e. The molecule has 0 heterocycles. The smallest absolute Gasteiger partial charge is 0.0367 e. The van der Waals surface area contributed by atoms with Gasteiger partial charge in [-0.25, -0.2) is 0 Å². The van der Waals surface area contributed by atoms with Crippen LogP contribution in [0.25, 0.3) is 0 Å². The largest absolute Gasteiger partial charge is 0.385 e. The number of nitrogens with two attached hydrogens (primary N) is 1. The molecule has 0 unspecified atom stereocenters. The molecule has 0 aliphatic heterocycles. The summed E-state index contributed by atoms with van der Waals surface area (Å²) in [5, 5.41) is 3.40. The molecule has 0 aliphatic rings. The molecular formula is C15H27N3. The third kappa shape index (κ3) is 4.96. The van der Waals surface area contributed by atoms with Crippen molar-refractivity contribution in [1.29, 1.82) is 0 Å². The molecule has 0 bridgehead atoms. The second-order valence-electron chi connectivity index (χ2n) is 5.38. The monoisotopic (exact) mass is 249 g/mol. The van der Waals surface area contributed by atoms with Gasteiger partial charge in [0, 0.05) is 36.5 Å². The first-order valence-electron chi connectivity index (χ1n) is 6.84. The van der Waals surface area contributed by atoms with Crippen LogP contribution in [0.2, 0.25) is 0 Å². The van der Waals surface area contributed by atoms with Crippen molar-refractivity contribution in [2.45, 2.75) is 39.7 Å². The molecule has 0 fully saturated rings. The minimum absolute atomic E-state index is 0.103. The molecule has 3 nitrogen and oxygen atoms in total. The molecule has 0 saturated carbocycles. The van der Waals surface area contributed by atoms with E-state index in [0.717, 1.165) is 31.7 Å². The number of rotatable bonds is 7. The molecule has 0 radical (unpaired) electrons. The Hall–Kier alpha value is -1.22. The Labute approximate surface area is 111 Å². The lowest BCUT2D eigenvalue weighted by atomic mass is 10.0. The third-order valence-electron chi connectivity index (χ3n) is 3.09. The van der Waals surface area contributed by atoms with E-state index in [2.05, 4.69) is 62.2 Å². The van der Waals surface area contributed by atoms with Gasteiger partial charge >= 0.3 is 0 Å². The maximum Gasteiger partial charge on any atom is 0.0367 e. The van der Waals surface area contributed by atoms with Crippen LogP contribution in [0.4, 0.5) is 11.4 Å². The number of hydrogen-bond donors (Lipinski definition) is 2. The van der Waals surface area contributed by atoms with Gasteiger partial charge in [0.1, 0.15) is 0 Å². The van der Waals surface area contributed by atoms with Crippen LogP contribution in [0, 0.1) is 0 Å². The number of hydrogen-bond acceptors (Lipinski definition) is 3. The Morgan fingerprint density at radius 2 is 1.67 bits per heavy atom. The molecule has 0 atom stereocenters. The Balaban J connectivity index is 2.50. The maximum atomic E-state index is 5.95. The number of nitrogens with zero attached hydrogens (tertiary/aromatic N) is 1. The summed E-state index contributed by atoms with van der Waals surface area (Å²) in [6, 6.07) is 8.61. The van der Waals surface area contributed by atoms with E-state index in [9.17, 15) is 0 Å². The highest BCUT2D eigenvalue weighted by Gasteiger charge is 2.09. The summed E-state index contributed by atoms with van der Waals surface area (Å²) in [5.41, 5.74) is 8.29. The van der Waals surface area contributed by atoms with Gasteiger partial charge in [0.25, 0.3) is 0 Å². The van der Waals surface area contributed by atoms with E-state index >= 15 is 0 Å². The van der Waals surface area contributed by atoms with Gasteiger partial charge in [-0.2, -0.15) is 0 Å². The second-order valence-corrected chi connectivity index (χ2v) is 5.38. The van der Waals surface area contributed by atoms with Crippen LogP contribution in [0.15, 0.2) is 24.3 Å². The summed E-state index contributed by atoms with van der Waals surface area (Å²) in [4.78, 5) is 2.34. The zero-order chi connectivity index (χ0) is 13.6. The van der Waals surface area contributed by atoms with Crippen molar-refractivity contribution in [3.05, 3.63) is 24.3 Å². The van der Waals surface area contributed by atoms with Crippen molar-refractivity contribution in [3.8, 4) is 0 Å². The summed E-state index contributed by atoms with van der Waals surface area (Å²) in [7, 11) is 0. The average molecular weight is 249 g/mol. The Kier molecular flexibility index (Phi) is 5.48. The van der Waals surface area contributed by atoms with Gasteiger partial charge < -0.3 is 16.0 Å². The number of benzene rings is 1. The van der Waals surface area contributed by atoms with Crippen LogP contribution in [-0.4, -0.2) is 25.2 Å². The fraction of sp³-hybridized carbons (Fsp3) is 0.600. The van der Waals surface area contributed by atoms with Gasteiger partial charge in [-0.1, -0.05) is 0 Å². The van der Waals surface area contributed by atoms with Gasteiger partial charge in [-0.3, -0.25) is 0 Å². The lowest BCUT2D eigenvalue weighted by Crippen LogP contribution is -2.34. The summed E-state index contributed by atoms with van der Waals surface area (Å²) in [6.45, 7) is 11.5. The normalized spacial score (nSPS) is 11.4. The van der Waals surface area contributed by atoms with Crippen molar-refractivity contribution < 1.29 is 0 Å². The molecule has 3 N–H and O–H groups in total. The van der Waals surface area contributed by atoms with Crippen LogP contribution in [0.3, 0.4) is 0 Å². The zero-order valence-corrected chi connectivity index (χ0v) is 12.2. The Morgan fingerprint density at radius 3 is 2.11 bits per heavy atom. The number of nitrogens with one attached hydrogen (secondary N) is 1. The molecule has 102 valence electrons. The average Bonchev–Trinajstić information content (AvgIpc) is 2.31. The topological polar surface area (TPSA) is 41.3 Å². The molecule has 0 aromatic heterocycles. The van der Waals surface area contributed by atoms with E-state index in [1.165, 1.54) is 5.69 Å². The summed E-state index contributed by atoms with van der Waals surface area (Å²) < 4.78 is 0. The molecule has 1 rings (SSSR count). The first-order chi connectivity index (χ1) is 8.46. The lowest BCUT2D eigenvalue weighted by Gasteiger charge is -2.22. The molecule has 1 aromatic rings. The van der Waals surface area contributed by atoms with Crippen molar-refractivity contribution >= 4 is 11.4 Å². The predicted molar refractivity (Wildman–Crippen MR) is 81.4 cm³/mol. The highest BCUT2D eigenvalue weighted by Crippen LogP contribution is 2.17. The fourth-order valence-corrected chi connectivity index (χ4v) is 1.91. The van der Waals surface area contributed by atoms with Crippen molar-refractivity contribution in [2.24, 2.45) is 5.73 Å². The zero-order valence-electron chi connectivity index (χ0n) is 12.2. The molecule has 18 heavy (non-hydrogen) atoms. The first-order valence-corrected chi connectivity index (χ1v) is 6.84. The molecule has 0 aliphatic carbocycles. The van der Waals surface area contributed by atoms with E-state index in [-0.39, 0.29) is 5.54 Å². The van der Waals surface area contributed by atoms with Crippen LogP contribution in [-0.2, 0) is 0 Å². The van der Waals surface area contributed by atoms with Crippen molar-refractivity contribution in [3.63, 3.8) is 0 Å². The molecular weight excluding hydrogens is 222 g/mol. The highest BCUT2D eigenvalue weighted by molar-refractivity contribution is 5.55. The summed E-state index contributed by atoms with van der Waals surface area (Å²) >= 11 is 0. The van der Waals surface area contributed by atoms with Gasteiger partial charge in [0.15, 0.2) is 0 Å². The lowest BCUT2D eigenvalue weighted by molar-refractivity contribution is 0.491. The van der Waals surface area contributed by atoms with Crippen LogP contribution in [0.1, 0.15) is 34.1 Å². The van der Waals surface area contributed by atoms with Gasteiger partial charge in [-0.15, -0.1) is 0 Å². The third-order valence-corrected chi connectivity index (χ3v) is 3.09. The maximum absolute atomic E-state index is 5.95. The van der Waals surface area contributed by atoms with Crippen molar-refractivity contribution in [1.82, 2.24) is 0 Å². The minimum atomic E-state index is -0.103. The molecule has 3 heteroatoms. The van der Waals surface area contributed by atoms with E-state index in [1.807, 2.05) is 0 Å². The predicted octanol–water partition coefficient (Wildman–Crippen LogP) is 3.07. The van der Waals surface area contributed by atoms with Crippen molar-refractivity contribution in [2.75, 3.05) is 29.9 Å². The van der Waals surface area contributed by atoms with E-state index < -0.39 is 0 Å².